The largest absolute Gasteiger partial charge is 0.497 e. The van der Waals surface area contributed by atoms with Gasteiger partial charge in [0.2, 0.25) is 0 Å². The van der Waals surface area contributed by atoms with Crippen LogP contribution in [-0.4, -0.2) is 49.0 Å². The van der Waals surface area contributed by atoms with Gasteiger partial charge in [0.25, 0.3) is 5.91 Å². The second-order valence-corrected chi connectivity index (χ2v) is 5.57. The van der Waals surface area contributed by atoms with Crippen molar-refractivity contribution in [3.05, 3.63) is 29.8 Å². The number of hydrogen-bond donors (Lipinski definition) is 0. The van der Waals surface area contributed by atoms with Gasteiger partial charge in [-0.2, -0.15) is 0 Å². The van der Waals surface area contributed by atoms with E-state index in [2.05, 4.69) is 0 Å². The fourth-order valence-corrected chi connectivity index (χ4v) is 3.06. The van der Waals surface area contributed by atoms with E-state index >= 15 is 0 Å². The lowest BCUT2D eigenvalue weighted by Crippen LogP contribution is -2.53. The summed E-state index contributed by atoms with van der Waals surface area (Å²) in [5, 5.41) is 0. The third-order valence-corrected chi connectivity index (χ3v) is 4.36. The van der Waals surface area contributed by atoms with Crippen LogP contribution in [0.2, 0.25) is 0 Å². The average Bonchev–Trinajstić information content (AvgIpc) is 2.99. The molecular formula is C16H19NO4. The number of methoxy groups -OCH3 is 1. The Labute approximate surface area is 123 Å². The van der Waals surface area contributed by atoms with E-state index < -0.39 is 5.60 Å². The predicted octanol–water partition coefficient (Wildman–Crippen LogP) is 1.66. The van der Waals surface area contributed by atoms with Gasteiger partial charge in [-0.3, -0.25) is 9.59 Å². The highest BCUT2D eigenvalue weighted by Gasteiger charge is 2.46. The number of carbonyl (C=O) groups excluding carboxylic acids is 2. The SMILES string of the molecule is COc1ccc(C(=O)N2CC[C@@]3(CCCO3)C(=O)C2)cc1. The summed E-state index contributed by atoms with van der Waals surface area (Å²) in [5.41, 5.74) is -0.0386. The van der Waals surface area contributed by atoms with Crippen molar-refractivity contribution in [2.24, 2.45) is 0 Å². The number of Topliss-reactive ketones (excluding diaryl/α,β-unsaturated/α-hetero) is 1. The van der Waals surface area contributed by atoms with Crippen LogP contribution in [0.15, 0.2) is 24.3 Å². The Hall–Kier alpha value is -1.88. The first kappa shape index (κ1) is 14.1. The fraction of sp³-hybridized carbons (Fsp3) is 0.500. The maximum Gasteiger partial charge on any atom is 0.254 e. The Balaban J connectivity index is 1.70. The summed E-state index contributed by atoms with van der Waals surface area (Å²) in [6, 6.07) is 6.95. The van der Waals surface area contributed by atoms with Crippen LogP contribution in [-0.2, 0) is 9.53 Å². The molecule has 2 heterocycles. The van der Waals surface area contributed by atoms with E-state index in [1.54, 1.807) is 36.3 Å². The molecule has 0 aliphatic carbocycles. The van der Waals surface area contributed by atoms with Crippen molar-refractivity contribution in [1.29, 1.82) is 0 Å². The molecule has 2 aliphatic heterocycles. The van der Waals surface area contributed by atoms with Crippen molar-refractivity contribution < 1.29 is 19.1 Å². The molecule has 21 heavy (non-hydrogen) atoms. The van der Waals surface area contributed by atoms with E-state index in [-0.39, 0.29) is 18.2 Å². The molecule has 5 heteroatoms. The molecule has 1 atom stereocenters. The molecule has 1 aromatic rings. The van der Waals surface area contributed by atoms with E-state index in [9.17, 15) is 9.59 Å². The van der Waals surface area contributed by atoms with Crippen LogP contribution in [0, 0.1) is 0 Å². The van der Waals surface area contributed by atoms with E-state index in [0.29, 0.717) is 30.9 Å². The summed E-state index contributed by atoms with van der Waals surface area (Å²) < 4.78 is 10.7. The van der Waals surface area contributed by atoms with Gasteiger partial charge in [0.1, 0.15) is 11.4 Å². The standard InChI is InChI=1S/C16H19NO4/c1-20-13-5-3-12(4-6-13)15(19)17-9-8-16(14(18)11-17)7-2-10-21-16/h3-6H,2,7-11H2,1H3/t16-/m0/s1. The Morgan fingerprint density at radius 3 is 2.62 bits per heavy atom. The van der Waals surface area contributed by atoms with Gasteiger partial charge in [-0.15, -0.1) is 0 Å². The number of amides is 1. The highest BCUT2D eigenvalue weighted by molar-refractivity contribution is 5.99. The Morgan fingerprint density at radius 1 is 1.29 bits per heavy atom. The summed E-state index contributed by atoms with van der Waals surface area (Å²) in [5.74, 6) is 0.631. The lowest BCUT2D eigenvalue weighted by Gasteiger charge is -2.37. The van der Waals surface area contributed by atoms with E-state index in [0.717, 1.165) is 12.8 Å². The van der Waals surface area contributed by atoms with Crippen LogP contribution < -0.4 is 4.74 Å². The van der Waals surface area contributed by atoms with Crippen LogP contribution in [0.5, 0.6) is 5.75 Å². The van der Waals surface area contributed by atoms with Crippen LogP contribution >= 0.6 is 0 Å². The number of rotatable bonds is 2. The highest BCUT2D eigenvalue weighted by Crippen LogP contribution is 2.33. The van der Waals surface area contributed by atoms with Crippen LogP contribution in [0.3, 0.4) is 0 Å². The molecule has 2 saturated heterocycles. The molecule has 3 rings (SSSR count). The first-order chi connectivity index (χ1) is 10.1. The molecule has 0 aromatic heterocycles. The maximum absolute atomic E-state index is 12.4. The molecule has 0 N–H and O–H groups in total. The zero-order chi connectivity index (χ0) is 14.9. The highest BCUT2D eigenvalue weighted by atomic mass is 16.5. The van der Waals surface area contributed by atoms with Crippen molar-refractivity contribution in [3.63, 3.8) is 0 Å². The molecule has 1 amide bonds. The smallest absolute Gasteiger partial charge is 0.254 e. The Kier molecular flexibility index (Phi) is 3.68. The number of benzene rings is 1. The number of ketones is 1. The number of carbonyl (C=O) groups is 2. The summed E-state index contributed by atoms with van der Waals surface area (Å²) in [6.07, 6.45) is 2.32. The number of piperidine rings is 1. The van der Waals surface area contributed by atoms with E-state index in [1.807, 2.05) is 0 Å². The van der Waals surface area contributed by atoms with Crippen molar-refractivity contribution in [1.82, 2.24) is 4.90 Å². The monoisotopic (exact) mass is 289 g/mol. The van der Waals surface area contributed by atoms with Crippen LogP contribution in [0.25, 0.3) is 0 Å². The summed E-state index contributed by atoms with van der Waals surface area (Å²) >= 11 is 0. The zero-order valence-corrected chi connectivity index (χ0v) is 12.1. The van der Waals surface area contributed by atoms with Gasteiger partial charge in [0.05, 0.1) is 13.7 Å². The number of likely N-dealkylation sites (tertiary alicyclic amines) is 1. The molecule has 0 unspecified atom stereocenters. The minimum atomic E-state index is -0.614. The number of ether oxygens (including phenoxy) is 2. The zero-order valence-electron chi connectivity index (χ0n) is 12.1. The molecule has 2 aliphatic rings. The molecule has 1 spiro atoms. The van der Waals surface area contributed by atoms with Gasteiger partial charge in [0, 0.05) is 25.1 Å². The van der Waals surface area contributed by atoms with E-state index in [1.165, 1.54) is 0 Å². The first-order valence-electron chi connectivity index (χ1n) is 7.25. The van der Waals surface area contributed by atoms with Gasteiger partial charge in [-0.05, 0) is 37.1 Å². The van der Waals surface area contributed by atoms with Gasteiger partial charge in [-0.1, -0.05) is 0 Å². The minimum absolute atomic E-state index is 0.0353. The molecule has 112 valence electrons. The first-order valence-corrected chi connectivity index (χ1v) is 7.25. The second-order valence-electron chi connectivity index (χ2n) is 5.57. The van der Waals surface area contributed by atoms with Crippen LogP contribution in [0.1, 0.15) is 29.6 Å². The van der Waals surface area contributed by atoms with Crippen molar-refractivity contribution in [2.75, 3.05) is 26.8 Å². The summed E-state index contributed by atoms with van der Waals surface area (Å²) in [6.45, 7) is 1.36. The quantitative estimate of drug-likeness (QED) is 0.831. The minimum Gasteiger partial charge on any atom is -0.497 e. The van der Waals surface area contributed by atoms with Gasteiger partial charge >= 0.3 is 0 Å². The van der Waals surface area contributed by atoms with Crippen molar-refractivity contribution in [2.45, 2.75) is 24.9 Å². The third kappa shape index (κ3) is 2.53. The van der Waals surface area contributed by atoms with Crippen LogP contribution in [0.4, 0.5) is 0 Å². The molecular weight excluding hydrogens is 270 g/mol. The van der Waals surface area contributed by atoms with Gasteiger partial charge in [-0.25, -0.2) is 0 Å². The Morgan fingerprint density at radius 2 is 2.05 bits per heavy atom. The number of hydrogen-bond acceptors (Lipinski definition) is 4. The maximum atomic E-state index is 12.4. The third-order valence-electron chi connectivity index (χ3n) is 4.36. The Bertz CT molecular complexity index is 546. The lowest BCUT2D eigenvalue weighted by atomic mass is 9.87. The summed E-state index contributed by atoms with van der Waals surface area (Å²) in [4.78, 5) is 26.4. The van der Waals surface area contributed by atoms with Gasteiger partial charge in [0.15, 0.2) is 5.78 Å². The van der Waals surface area contributed by atoms with E-state index in [4.69, 9.17) is 9.47 Å². The molecule has 0 saturated carbocycles. The summed E-state index contributed by atoms with van der Waals surface area (Å²) in [7, 11) is 1.58. The van der Waals surface area contributed by atoms with Crippen molar-refractivity contribution >= 4 is 11.7 Å². The molecule has 2 fully saturated rings. The fourth-order valence-electron chi connectivity index (χ4n) is 3.06. The second kappa shape index (κ2) is 5.48. The van der Waals surface area contributed by atoms with Crippen molar-refractivity contribution in [3.8, 4) is 5.75 Å². The topological polar surface area (TPSA) is 55.8 Å². The van der Waals surface area contributed by atoms with Gasteiger partial charge < -0.3 is 14.4 Å². The lowest BCUT2D eigenvalue weighted by molar-refractivity contribution is -0.144. The normalized spacial score (nSPS) is 25.4. The molecule has 5 nitrogen and oxygen atoms in total. The number of nitrogens with zero attached hydrogens (tertiary/aromatic N) is 1. The molecule has 0 radical (unpaired) electrons. The molecule has 1 aromatic carbocycles. The average molecular weight is 289 g/mol. The predicted molar refractivity (Wildman–Crippen MR) is 76.4 cm³/mol. The molecule has 0 bridgehead atoms.